The molecule has 0 spiro atoms. The van der Waals surface area contributed by atoms with E-state index in [9.17, 15) is 13.2 Å². The first kappa shape index (κ1) is 18.4. The Balaban J connectivity index is 4.96. The van der Waals surface area contributed by atoms with Crippen molar-refractivity contribution in [2.75, 3.05) is 18.8 Å². The molecule has 0 saturated carbocycles. The minimum absolute atomic E-state index is 0.00644. The smallest absolute Gasteiger partial charge is 0.318 e. The Hall–Kier alpha value is -0.620. The van der Waals surface area contributed by atoms with Gasteiger partial charge in [0.15, 0.2) is 0 Å². The van der Waals surface area contributed by atoms with Crippen LogP contribution in [0, 0.1) is 17.8 Å². The molecule has 0 aromatic carbocycles. The fourth-order valence-electron chi connectivity index (χ4n) is 1.86. The van der Waals surface area contributed by atoms with Crippen LogP contribution in [0.5, 0.6) is 0 Å². The molecule has 114 valence electrons. The molecule has 0 fully saturated rings. The number of carboxylic acids is 1. The van der Waals surface area contributed by atoms with Crippen LogP contribution in [0.3, 0.4) is 0 Å². The lowest BCUT2D eigenvalue weighted by molar-refractivity contribution is -0.137. The maximum absolute atomic E-state index is 12.2. The summed E-state index contributed by atoms with van der Waals surface area (Å²) in [6, 6.07) is 0. The van der Waals surface area contributed by atoms with Crippen molar-refractivity contribution in [2.24, 2.45) is 17.8 Å². The highest BCUT2D eigenvalue weighted by atomic mass is 32.2. The summed E-state index contributed by atoms with van der Waals surface area (Å²) in [5.41, 5.74) is 0. The van der Waals surface area contributed by atoms with Crippen LogP contribution < -0.4 is 0 Å². The zero-order valence-corrected chi connectivity index (χ0v) is 13.4. The van der Waals surface area contributed by atoms with E-state index in [1.54, 1.807) is 0 Å². The number of nitrogens with zero attached hydrogens (tertiary/aromatic N) is 1. The molecule has 0 heterocycles. The summed E-state index contributed by atoms with van der Waals surface area (Å²) >= 11 is 0. The Morgan fingerprint density at radius 3 is 2.05 bits per heavy atom. The van der Waals surface area contributed by atoms with Crippen molar-refractivity contribution in [3.63, 3.8) is 0 Å². The number of carboxylic acid groups (broad SMARTS) is 1. The van der Waals surface area contributed by atoms with Crippen molar-refractivity contribution < 1.29 is 18.3 Å². The Labute approximate surface area is 117 Å². The maximum atomic E-state index is 12.2. The highest BCUT2D eigenvalue weighted by molar-refractivity contribution is 7.89. The molecule has 0 aliphatic carbocycles. The van der Waals surface area contributed by atoms with Gasteiger partial charge < -0.3 is 5.11 Å². The molecule has 0 radical (unpaired) electrons. The van der Waals surface area contributed by atoms with E-state index in [-0.39, 0.29) is 24.1 Å². The first-order valence-electron chi connectivity index (χ1n) is 6.79. The van der Waals surface area contributed by atoms with Crippen LogP contribution in [0.4, 0.5) is 0 Å². The molecule has 0 bridgehead atoms. The molecular formula is C13H27NO4S. The summed E-state index contributed by atoms with van der Waals surface area (Å²) in [5, 5.41) is 8.88. The second-order valence-electron chi connectivity index (χ2n) is 5.72. The summed E-state index contributed by atoms with van der Waals surface area (Å²) in [4.78, 5) is 10.9. The number of rotatable bonds is 9. The van der Waals surface area contributed by atoms with Crippen molar-refractivity contribution in [3.8, 4) is 0 Å². The molecule has 1 unspecified atom stereocenters. The second kappa shape index (κ2) is 7.85. The van der Waals surface area contributed by atoms with Crippen LogP contribution in [0.1, 0.15) is 41.0 Å². The SMILES string of the molecule is CCC(C)[C@H](C)CN(CC(=O)O)S(=O)(=O)CC(C)C. The van der Waals surface area contributed by atoms with E-state index in [0.29, 0.717) is 5.92 Å². The second-order valence-corrected chi connectivity index (χ2v) is 7.74. The molecule has 0 aliphatic rings. The van der Waals surface area contributed by atoms with Gasteiger partial charge in [-0.15, -0.1) is 0 Å². The lowest BCUT2D eigenvalue weighted by Crippen LogP contribution is -2.41. The van der Waals surface area contributed by atoms with E-state index in [4.69, 9.17) is 5.11 Å². The minimum Gasteiger partial charge on any atom is -0.480 e. The van der Waals surface area contributed by atoms with Crippen LogP contribution in [-0.2, 0) is 14.8 Å². The van der Waals surface area contributed by atoms with Gasteiger partial charge in [-0.25, -0.2) is 8.42 Å². The van der Waals surface area contributed by atoms with Gasteiger partial charge in [0.25, 0.3) is 0 Å². The molecule has 0 aromatic heterocycles. The molecule has 0 amide bonds. The van der Waals surface area contributed by atoms with E-state index in [0.717, 1.165) is 10.7 Å². The molecule has 1 N–H and O–H groups in total. The normalized spacial score (nSPS) is 15.7. The monoisotopic (exact) mass is 293 g/mol. The number of aliphatic carboxylic acids is 1. The fourth-order valence-corrected chi connectivity index (χ4v) is 3.68. The summed E-state index contributed by atoms with van der Waals surface area (Å²) in [6.45, 7) is 9.52. The zero-order chi connectivity index (χ0) is 15.2. The molecule has 19 heavy (non-hydrogen) atoms. The van der Waals surface area contributed by atoms with Crippen LogP contribution in [-0.4, -0.2) is 42.6 Å². The van der Waals surface area contributed by atoms with E-state index in [2.05, 4.69) is 6.92 Å². The van der Waals surface area contributed by atoms with Gasteiger partial charge in [-0.2, -0.15) is 4.31 Å². The summed E-state index contributed by atoms with van der Waals surface area (Å²) in [7, 11) is -3.50. The van der Waals surface area contributed by atoms with Crippen LogP contribution in [0.25, 0.3) is 0 Å². The Kier molecular flexibility index (Phi) is 7.59. The third kappa shape index (κ3) is 6.92. The first-order chi connectivity index (χ1) is 8.60. The van der Waals surface area contributed by atoms with Gasteiger partial charge in [0.05, 0.1) is 5.75 Å². The highest BCUT2D eigenvalue weighted by Gasteiger charge is 2.28. The van der Waals surface area contributed by atoms with Gasteiger partial charge in [-0.3, -0.25) is 4.79 Å². The molecule has 5 nitrogen and oxygen atoms in total. The Morgan fingerprint density at radius 1 is 1.16 bits per heavy atom. The van der Waals surface area contributed by atoms with Crippen molar-refractivity contribution in [2.45, 2.75) is 41.0 Å². The Bertz CT molecular complexity index is 378. The topological polar surface area (TPSA) is 74.7 Å². The maximum Gasteiger partial charge on any atom is 0.318 e. The standard InChI is InChI=1S/C13H27NO4S/c1-6-11(4)12(5)7-14(8-13(15)16)19(17,18)9-10(2)3/h10-12H,6-9H2,1-5H3,(H,15,16)/t11?,12-/m1/s1. The van der Waals surface area contributed by atoms with Crippen molar-refractivity contribution in [1.29, 1.82) is 0 Å². The van der Waals surface area contributed by atoms with E-state index < -0.39 is 22.5 Å². The summed E-state index contributed by atoms with van der Waals surface area (Å²) in [6.07, 6.45) is 0.951. The molecule has 0 rings (SSSR count). The number of sulfonamides is 1. The molecule has 2 atom stereocenters. The van der Waals surface area contributed by atoms with Gasteiger partial charge in [-0.05, 0) is 17.8 Å². The quantitative estimate of drug-likeness (QED) is 0.706. The number of carbonyl (C=O) groups is 1. The molecular weight excluding hydrogens is 266 g/mol. The highest BCUT2D eigenvalue weighted by Crippen LogP contribution is 2.18. The van der Waals surface area contributed by atoms with Gasteiger partial charge in [-0.1, -0.05) is 41.0 Å². The third-order valence-electron chi connectivity index (χ3n) is 3.36. The van der Waals surface area contributed by atoms with E-state index >= 15 is 0 Å². The van der Waals surface area contributed by atoms with Crippen LogP contribution in [0.15, 0.2) is 0 Å². The fraction of sp³-hybridized carbons (Fsp3) is 0.923. The van der Waals surface area contributed by atoms with Crippen LogP contribution in [0.2, 0.25) is 0 Å². The van der Waals surface area contributed by atoms with Gasteiger partial charge in [0, 0.05) is 6.54 Å². The van der Waals surface area contributed by atoms with E-state index in [1.807, 2.05) is 27.7 Å². The zero-order valence-electron chi connectivity index (χ0n) is 12.6. The predicted octanol–water partition coefficient (Wildman–Crippen LogP) is 2.04. The van der Waals surface area contributed by atoms with Crippen molar-refractivity contribution >= 4 is 16.0 Å². The van der Waals surface area contributed by atoms with Gasteiger partial charge in [0.2, 0.25) is 10.0 Å². The summed E-state index contributed by atoms with van der Waals surface area (Å²) < 4.78 is 25.5. The van der Waals surface area contributed by atoms with Crippen LogP contribution >= 0.6 is 0 Å². The molecule has 0 aliphatic heterocycles. The third-order valence-corrected chi connectivity index (χ3v) is 5.51. The first-order valence-corrected chi connectivity index (χ1v) is 8.40. The minimum atomic E-state index is -3.50. The van der Waals surface area contributed by atoms with Crippen molar-refractivity contribution in [3.05, 3.63) is 0 Å². The van der Waals surface area contributed by atoms with Crippen molar-refractivity contribution in [1.82, 2.24) is 4.31 Å². The number of hydrogen-bond donors (Lipinski definition) is 1. The summed E-state index contributed by atoms with van der Waals surface area (Å²) in [5.74, 6) is -0.617. The average molecular weight is 293 g/mol. The Morgan fingerprint density at radius 2 is 1.68 bits per heavy atom. The largest absolute Gasteiger partial charge is 0.480 e. The average Bonchev–Trinajstić information content (AvgIpc) is 2.24. The lowest BCUT2D eigenvalue weighted by atomic mass is 9.94. The van der Waals surface area contributed by atoms with Gasteiger partial charge in [0.1, 0.15) is 6.54 Å². The predicted molar refractivity (Wildman–Crippen MR) is 76.5 cm³/mol. The molecule has 6 heteroatoms. The lowest BCUT2D eigenvalue weighted by Gasteiger charge is -2.27. The number of hydrogen-bond acceptors (Lipinski definition) is 3. The van der Waals surface area contributed by atoms with E-state index in [1.165, 1.54) is 0 Å². The molecule has 0 saturated heterocycles. The molecule has 0 aromatic rings. The van der Waals surface area contributed by atoms with Gasteiger partial charge >= 0.3 is 5.97 Å².